The van der Waals surface area contributed by atoms with Crippen LogP contribution in [0.3, 0.4) is 0 Å². The minimum absolute atomic E-state index is 0.219. The first-order chi connectivity index (χ1) is 12.0. The second-order valence-corrected chi connectivity index (χ2v) is 6.39. The standard InChI is InChI=1S/C20H21NO4/c1-14-13-18(23)19(20(24)25-14)17(22)10-7-15-5-8-16(9-6-15)21-11-3-2-4-12-21/h5-10,13,19H,2-4,11-12H2,1H3. The minimum atomic E-state index is -1.38. The van der Waals surface area contributed by atoms with Gasteiger partial charge in [-0.3, -0.25) is 14.4 Å². The Balaban J connectivity index is 1.66. The molecular formula is C20H21NO4. The normalized spacial score (nSPS) is 21.2. The lowest BCUT2D eigenvalue weighted by atomic mass is 9.96. The first kappa shape index (κ1) is 17.1. The molecule has 1 aromatic carbocycles. The fourth-order valence-corrected chi connectivity index (χ4v) is 3.13. The van der Waals surface area contributed by atoms with Crippen LogP contribution < -0.4 is 4.90 Å². The molecular weight excluding hydrogens is 318 g/mol. The Morgan fingerprint density at radius 1 is 1.12 bits per heavy atom. The number of ketones is 2. The monoisotopic (exact) mass is 339 g/mol. The van der Waals surface area contributed by atoms with E-state index >= 15 is 0 Å². The highest BCUT2D eigenvalue weighted by Gasteiger charge is 2.36. The highest BCUT2D eigenvalue weighted by Crippen LogP contribution is 2.21. The van der Waals surface area contributed by atoms with Crippen LogP contribution in [0.2, 0.25) is 0 Å². The predicted molar refractivity (Wildman–Crippen MR) is 94.9 cm³/mol. The third-order valence-electron chi connectivity index (χ3n) is 4.47. The molecule has 0 N–H and O–H groups in total. The molecule has 0 bridgehead atoms. The zero-order valence-corrected chi connectivity index (χ0v) is 14.2. The predicted octanol–water partition coefficient (Wildman–Crippen LogP) is 2.91. The molecule has 5 nitrogen and oxygen atoms in total. The zero-order chi connectivity index (χ0) is 17.8. The van der Waals surface area contributed by atoms with Crippen molar-refractivity contribution in [2.45, 2.75) is 26.2 Å². The summed E-state index contributed by atoms with van der Waals surface area (Å²) in [7, 11) is 0. The SMILES string of the molecule is CC1=CC(=O)C(C(=O)C=Cc2ccc(N3CCCCC3)cc2)C(=O)O1. The molecule has 1 atom stereocenters. The Kier molecular flexibility index (Phi) is 5.12. The molecule has 0 spiro atoms. The molecule has 0 saturated carbocycles. The van der Waals surface area contributed by atoms with E-state index in [0.717, 1.165) is 18.7 Å². The Morgan fingerprint density at radius 3 is 2.44 bits per heavy atom. The Hall–Kier alpha value is -2.69. The van der Waals surface area contributed by atoms with Crippen molar-refractivity contribution in [1.29, 1.82) is 0 Å². The number of allylic oxidation sites excluding steroid dienone is 3. The van der Waals surface area contributed by atoms with Gasteiger partial charge in [0, 0.05) is 24.9 Å². The van der Waals surface area contributed by atoms with Crippen molar-refractivity contribution in [2.24, 2.45) is 5.92 Å². The molecule has 0 radical (unpaired) electrons. The summed E-state index contributed by atoms with van der Waals surface area (Å²) in [6, 6.07) is 7.92. The molecule has 2 aliphatic heterocycles. The van der Waals surface area contributed by atoms with Crippen LogP contribution in [-0.2, 0) is 19.1 Å². The minimum Gasteiger partial charge on any atom is -0.430 e. The largest absolute Gasteiger partial charge is 0.430 e. The van der Waals surface area contributed by atoms with Gasteiger partial charge in [-0.2, -0.15) is 0 Å². The van der Waals surface area contributed by atoms with E-state index < -0.39 is 23.5 Å². The second-order valence-electron chi connectivity index (χ2n) is 6.39. The van der Waals surface area contributed by atoms with E-state index in [0.29, 0.717) is 0 Å². The fraction of sp³-hybridized carbons (Fsp3) is 0.350. The van der Waals surface area contributed by atoms with Crippen LogP contribution in [0, 0.1) is 5.92 Å². The molecule has 3 rings (SSSR count). The van der Waals surface area contributed by atoms with E-state index in [2.05, 4.69) is 4.90 Å². The van der Waals surface area contributed by atoms with E-state index in [1.165, 1.54) is 44.0 Å². The number of cyclic esters (lactones) is 1. The lowest BCUT2D eigenvalue weighted by molar-refractivity contribution is -0.151. The van der Waals surface area contributed by atoms with Gasteiger partial charge in [-0.15, -0.1) is 0 Å². The van der Waals surface area contributed by atoms with Crippen molar-refractivity contribution < 1.29 is 19.1 Å². The van der Waals surface area contributed by atoms with E-state index in [1.807, 2.05) is 24.3 Å². The number of piperidine rings is 1. The van der Waals surface area contributed by atoms with Gasteiger partial charge in [-0.05, 0) is 50.0 Å². The summed E-state index contributed by atoms with van der Waals surface area (Å²) >= 11 is 0. The molecule has 0 aromatic heterocycles. The van der Waals surface area contributed by atoms with Crippen molar-refractivity contribution in [3.05, 3.63) is 47.7 Å². The van der Waals surface area contributed by atoms with Gasteiger partial charge < -0.3 is 9.64 Å². The third-order valence-corrected chi connectivity index (χ3v) is 4.47. The number of rotatable bonds is 4. The lowest BCUT2D eigenvalue weighted by Crippen LogP contribution is -2.34. The summed E-state index contributed by atoms with van der Waals surface area (Å²) in [5, 5.41) is 0. The Bertz CT molecular complexity index is 739. The Morgan fingerprint density at radius 2 is 1.80 bits per heavy atom. The Labute approximate surface area is 147 Å². The number of anilines is 1. The van der Waals surface area contributed by atoms with Crippen molar-refractivity contribution in [1.82, 2.24) is 0 Å². The maximum Gasteiger partial charge on any atom is 0.329 e. The molecule has 2 aliphatic rings. The molecule has 0 aliphatic carbocycles. The molecule has 1 unspecified atom stereocenters. The summed E-state index contributed by atoms with van der Waals surface area (Å²) in [4.78, 5) is 38.1. The van der Waals surface area contributed by atoms with Crippen LogP contribution in [0.1, 0.15) is 31.7 Å². The number of hydrogen-bond donors (Lipinski definition) is 0. The van der Waals surface area contributed by atoms with Gasteiger partial charge in [0.1, 0.15) is 5.76 Å². The number of hydrogen-bond acceptors (Lipinski definition) is 5. The highest BCUT2D eigenvalue weighted by atomic mass is 16.5. The summed E-state index contributed by atoms with van der Waals surface area (Å²) in [5.41, 5.74) is 2.02. The molecule has 1 aromatic rings. The third kappa shape index (κ3) is 4.05. The molecule has 1 saturated heterocycles. The second kappa shape index (κ2) is 7.47. The summed E-state index contributed by atoms with van der Waals surface area (Å²) in [6.45, 7) is 3.66. The molecule has 130 valence electrons. The van der Waals surface area contributed by atoms with Gasteiger partial charge in [0.25, 0.3) is 0 Å². The molecule has 25 heavy (non-hydrogen) atoms. The van der Waals surface area contributed by atoms with E-state index in [4.69, 9.17) is 4.74 Å². The van der Waals surface area contributed by atoms with Crippen LogP contribution in [-0.4, -0.2) is 30.6 Å². The number of esters is 1. The van der Waals surface area contributed by atoms with Crippen LogP contribution in [0.15, 0.2) is 42.2 Å². The van der Waals surface area contributed by atoms with Crippen LogP contribution in [0.4, 0.5) is 5.69 Å². The molecule has 5 heteroatoms. The zero-order valence-electron chi connectivity index (χ0n) is 14.2. The van der Waals surface area contributed by atoms with Crippen molar-refractivity contribution in [3.8, 4) is 0 Å². The number of benzene rings is 1. The van der Waals surface area contributed by atoms with Crippen molar-refractivity contribution in [3.63, 3.8) is 0 Å². The van der Waals surface area contributed by atoms with Crippen molar-refractivity contribution >= 4 is 29.3 Å². The first-order valence-electron chi connectivity index (χ1n) is 8.55. The van der Waals surface area contributed by atoms with Gasteiger partial charge in [0.15, 0.2) is 17.5 Å². The number of ether oxygens (including phenoxy) is 1. The quantitative estimate of drug-likeness (QED) is 0.479. The van der Waals surface area contributed by atoms with E-state index in [-0.39, 0.29) is 5.76 Å². The lowest BCUT2D eigenvalue weighted by Gasteiger charge is -2.28. The van der Waals surface area contributed by atoms with Crippen LogP contribution >= 0.6 is 0 Å². The topological polar surface area (TPSA) is 63.7 Å². The summed E-state index contributed by atoms with van der Waals surface area (Å²) in [6.07, 6.45) is 7.80. The maximum atomic E-state index is 12.2. The average molecular weight is 339 g/mol. The van der Waals surface area contributed by atoms with Crippen LogP contribution in [0.25, 0.3) is 6.08 Å². The highest BCUT2D eigenvalue weighted by molar-refractivity contribution is 6.25. The van der Waals surface area contributed by atoms with Crippen LogP contribution in [0.5, 0.6) is 0 Å². The van der Waals surface area contributed by atoms with Gasteiger partial charge in [0.2, 0.25) is 0 Å². The number of carbonyl (C=O) groups is 3. The molecule has 2 heterocycles. The summed E-state index contributed by atoms with van der Waals surface area (Å²) in [5.74, 6) is -3.05. The molecule has 0 amide bonds. The van der Waals surface area contributed by atoms with E-state index in [9.17, 15) is 14.4 Å². The first-order valence-corrected chi connectivity index (χ1v) is 8.55. The summed E-state index contributed by atoms with van der Waals surface area (Å²) < 4.78 is 4.87. The molecule has 1 fully saturated rings. The van der Waals surface area contributed by atoms with E-state index in [1.54, 1.807) is 6.08 Å². The smallest absolute Gasteiger partial charge is 0.329 e. The number of carbonyl (C=O) groups excluding carboxylic acids is 3. The van der Waals surface area contributed by atoms with Gasteiger partial charge in [-0.1, -0.05) is 18.2 Å². The van der Waals surface area contributed by atoms with Gasteiger partial charge >= 0.3 is 5.97 Å². The van der Waals surface area contributed by atoms with Gasteiger partial charge in [0.05, 0.1) is 0 Å². The average Bonchev–Trinajstić information content (AvgIpc) is 2.60. The number of nitrogens with zero attached hydrogens (tertiary/aromatic N) is 1. The van der Waals surface area contributed by atoms with Crippen molar-refractivity contribution in [2.75, 3.05) is 18.0 Å². The fourth-order valence-electron chi connectivity index (χ4n) is 3.13. The maximum absolute atomic E-state index is 12.2. The van der Waals surface area contributed by atoms with Gasteiger partial charge in [-0.25, -0.2) is 0 Å².